The van der Waals surface area contributed by atoms with Crippen molar-refractivity contribution in [2.45, 2.75) is 43.7 Å². The van der Waals surface area contributed by atoms with Gasteiger partial charge in [0, 0.05) is 18.5 Å². The average Bonchev–Trinajstić information content (AvgIpc) is 2.96. The molecule has 30 heavy (non-hydrogen) atoms. The molecule has 0 bridgehead atoms. The van der Waals surface area contributed by atoms with E-state index in [0.29, 0.717) is 12.1 Å². The number of nitrogens with one attached hydrogen (secondary N) is 1. The predicted octanol–water partition coefficient (Wildman–Crippen LogP) is 2.74. The van der Waals surface area contributed by atoms with E-state index in [0.717, 1.165) is 28.8 Å². The molecule has 2 aromatic carbocycles. The van der Waals surface area contributed by atoms with E-state index in [1.165, 1.54) is 18.2 Å². The van der Waals surface area contributed by atoms with E-state index < -0.39 is 19.9 Å². The number of hydrogen-bond acceptors (Lipinski definition) is 5. The maximum Gasteiger partial charge on any atom is 0.241 e. The van der Waals surface area contributed by atoms with Crippen molar-refractivity contribution in [1.82, 2.24) is 14.5 Å². The lowest BCUT2D eigenvalue weighted by atomic mass is 10.1. The molecule has 0 aliphatic heterocycles. The second-order valence-electron chi connectivity index (χ2n) is 7.43. The van der Waals surface area contributed by atoms with Gasteiger partial charge in [0.15, 0.2) is 9.84 Å². The molecule has 160 valence electrons. The van der Waals surface area contributed by atoms with Crippen LogP contribution in [0.3, 0.4) is 0 Å². The Morgan fingerprint density at radius 2 is 1.63 bits per heavy atom. The van der Waals surface area contributed by atoms with Crippen LogP contribution in [-0.2, 0) is 33.0 Å². The monoisotopic (exact) mass is 447 g/mol. The summed E-state index contributed by atoms with van der Waals surface area (Å²) in [5.41, 5.74) is 4.29. The minimum atomic E-state index is -3.88. The van der Waals surface area contributed by atoms with E-state index in [9.17, 15) is 16.8 Å². The molecule has 0 unspecified atom stereocenters. The van der Waals surface area contributed by atoms with Gasteiger partial charge in [0.2, 0.25) is 10.0 Å². The molecule has 1 aromatic heterocycles. The molecule has 3 aromatic rings. The van der Waals surface area contributed by atoms with Gasteiger partial charge < -0.3 is 0 Å². The molecule has 7 nitrogen and oxygen atoms in total. The van der Waals surface area contributed by atoms with Crippen molar-refractivity contribution in [1.29, 1.82) is 0 Å². The first kappa shape index (κ1) is 22.2. The number of nitrogens with zero attached hydrogens (tertiary/aromatic N) is 2. The summed E-state index contributed by atoms with van der Waals surface area (Å²) in [6, 6.07) is 13.7. The zero-order valence-corrected chi connectivity index (χ0v) is 19.0. The number of hydrogen-bond donors (Lipinski definition) is 1. The van der Waals surface area contributed by atoms with Crippen molar-refractivity contribution in [3.63, 3.8) is 0 Å². The number of benzene rings is 2. The van der Waals surface area contributed by atoms with Crippen molar-refractivity contribution in [3.05, 3.63) is 76.6 Å². The fourth-order valence-electron chi connectivity index (χ4n) is 3.20. The van der Waals surface area contributed by atoms with Gasteiger partial charge in [-0.15, -0.1) is 0 Å². The Morgan fingerprint density at radius 1 is 0.933 bits per heavy atom. The highest BCUT2D eigenvalue weighted by atomic mass is 32.2. The SMILES string of the molecule is Cc1cc(C)n(Cc2cccc(CNS(=O)(=O)c3cc(S(C)(=O)=O)ccc3C)c2)n1. The number of sulfonamides is 1. The van der Waals surface area contributed by atoms with Crippen LogP contribution in [0.15, 0.2) is 58.3 Å². The van der Waals surface area contributed by atoms with Gasteiger partial charge in [0.05, 0.1) is 22.0 Å². The minimum absolute atomic E-state index is 0.0274. The van der Waals surface area contributed by atoms with E-state index >= 15 is 0 Å². The van der Waals surface area contributed by atoms with Gasteiger partial charge in [-0.1, -0.05) is 30.3 Å². The Morgan fingerprint density at radius 3 is 2.27 bits per heavy atom. The standard InChI is InChI=1S/C21H25N3O4S2/c1-15-8-9-20(29(4,25)26)12-21(15)30(27,28)22-13-18-6-5-7-19(11-18)14-24-17(3)10-16(2)23-24/h5-12,22H,13-14H2,1-4H3. The zero-order chi connectivity index (χ0) is 22.1. The predicted molar refractivity (Wildman–Crippen MR) is 116 cm³/mol. The van der Waals surface area contributed by atoms with Crippen LogP contribution in [0.4, 0.5) is 0 Å². The third-order valence-electron chi connectivity index (χ3n) is 4.77. The highest BCUT2D eigenvalue weighted by molar-refractivity contribution is 7.91. The topological polar surface area (TPSA) is 98.1 Å². The van der Waals surface area contributed by atoms with E-state index in [1.807, 2.05) is 48.9 Å². The van der Waals surface area contributed by atoms with E-state index in [1.54, 1.807) is 6.92 Å². The van der Waals surface area contributed by atoms with Crippen LogP contribution >= 0.6 is 0 Å². The Kier molecular flexibility index (Phi) is 6.16. The fourth-order valence-corrected chi connectivity index (χ4v) is 5.21. The molecule has 0 atom stereocenters. The van der Waals surface area contributed by atoms with Crippen LogP contribution in [-0.4, -0.2) is 32.9 Å². The molecule has 0 radical (unpaired) electrons. The van der Waals surface area contributed by atoms with Gasteiger partial charge >= 0.3 is 0 Å². The first-order valence-electron chi connectivity index (χ1n) is 9.35. The first-order chi connectivity index (χ1) is 14.0. The molecule has 0 amide bonds. The molecule has 0 saturated carbocycles. The molecule has 0 fully saturated rings. The molecule has 0 spiro atoms. The summed E-state index contributed by atoms with van der Waals surface area (Å²) in [5.74, 6) is 0. The lowest BCUT2D eigenvalue weighted by Crippen LogP contribution is -2.24. The Labute approximate surface area is 177 Å². The van der Waals surface area contributed by atoms with Gasteiger partial charge in [-0.3, -0.25) is 4.68 Å². The van der Waals surface area contributed by atoms with Crippen LogP contribution < -0.4 is 4.72 Å². The first-order valence-corrected chi connectivity index (χ1v) is 12.7. The van der Waals surface area contributed by atoms with Crippen LogP contribution in [0.25, 0.3) is 0 Å². The van der Waals surface area contributed by atoms with Crippen molar-refractivity contribution in [2.75, 3.05) is 6.26 Å². The van der Waals surface area contributed by atoms with Crippen molar-refractivity contribution in [2.24, 2.45) is 0 Å². The third kappa shape index (κ3) is 5.16. The lowest BCUT2D eigenvalue weighted by Gasteiger charge is -2.12. The van der Waals surface area contributed by atoms with Crippen LogP contribution in [0, 0.1) is 20.8 Å². The van der Waals surface area contributed by atoms with Crippen LogP contribution in [0.2, 0.25) is 0 Å². The number of rotatable bonds is 7. The van der Waals surface area contributed by atoms with Gasteiger partial charge in [0.25, 0.3) is 0 Å². The summed E-state index contributed by atoms with van der Waals surface area (Å²) in [7, 11) is -7.39. The minimum Gasteiger partial charge on any atom is -0.265 e. The number of aryl methyl sites for hydroxylation is 3. The van der Waals surface area contributed by atoms with Crippen molar-refractivity contribution in [3.8, 4) is 0 Å². The summed E-state index contributed by atoms with van der Waals surface area (Å²) in [4.78, 5) is -0.0652. The quantitative estimate of drug-likeness (QED) is 0.601. The lowest BCUT2D eigenvalue weighted by molar-refractivity contribution is 0.580. The molecule has 9 heteroatoms. The molecule has 1 heterocycles. The molecular formula is C21H25N3O4S2. The molecule has 3 rings (SSSR count). The van der Waals surface area contributed by atoms with Gasteiger partial charge in [-0.25, -0.2) is 21.6 Å². The molecule has 0 saturated heterocycles. The van der Waals surface area contributed by atoms with Crippen LogP contribution in [0.1, 0.15) is 28.1 Å². The van der Waals surface area contributed by atoms with Crippen molar-refractivity contribution >= 4 is 19.9 Å². The third-order valence-corrected chi connectivity index (χ3v) is 7.42. The fraction of sp³-hybridized carbons (Fsp3) is 0.286. The highest BCUT2D eigenvalue weighted by Crippen LogP contribution is 2.20. The number of aromatic nitrogens is 2. The summed E-state index contributed by atoms with van der Waals surface area (Å²) in [5, 5.41) is 4.45. The second-order valence-corrected chi connectivity index (χ2v) is 11.2. The largest absolute Gasteiger partial charge is 0.265 e. The zero-order valence-electron chi connectivity index (χ0n) is 17.4. The Balaban J connectivity index is 1.79. The highest BCUT2D eigenvalue weighted by Gasteiger charge is 2.19. The van der Waals surface area contributed by atoms with Gasteiger partial charge in [-0.2, -0.15) is 5.10 Å². The summed E-state index contributed by atoms with van der Waals surface area (Å²) >= 11 is 0. The molecular weight excluding hydrogens is 422 g/mol. The second kappa shape index (κ2) is 8.33. The Bertz CT molecular complexity index is 1290. The van der Waals surface area contributed by atoms with Gasteiger partial charge in [-0.05, 0) is 55.7 Å². The Hall–Kier alpha value is -2.49. The summed E-state index contributed by atoms with van der Waals surface area (Å²) in [6.45, 7) is 6.25. The molecule has 1 N–H and O–H groups in total. The maximum absolute atomic E-state index is 12.8. The smallest absolute Gasteiger partial charge is 0.241 e. The maximum atomic E-state index is 12.8. The number of sulfone groups is 1. The van der Waals surface area contributed by atoms with E-state index in [2.05, 4.69) is 9.82 Å². The molecule has 0 aliphatic carbocycles. The van der Waals surface area contributed by atoms with Crippen molar-refractivity contribution < 1.29 is 16.8 Å². The normalized spacial score (nSPS) is 12.3. The van der Waals surface area contributed by atoms with E-state index in [-0.39, 0.29) is 16.3 Å². The van der Waals surface area contributed by atoms with E-state index in [4.69, 9.17) is 0 Å². The molecule has 0 aliphatic rings. The average molecular weight is 448 g/mol. The van der Waals surface area contributed by atoms with Gasteiger partial charge in [0.1, 0.15) is 0 Å². The van der Waals surface area contributed by atoms with Crippen LogP contribution in [0.5, 0.6) is 0 Å². The summed E-state index contributed by atoms with van der Waals surface area (Å²) < 4.78 is 53.7. The summed E-state index contributed by atoms with van der Waals surface area (Å²) in [6.07, 6.45) is 1.05.